The number of benzene rings is 1. The molecule has 1 N–H and O–H groups in total. The molecule has 2 aromatic rings. The summed E-state index contributed by atoms with van der Waals surface area (Å²) in [4.78, 5) is 20.2. The molecule has 0 unspecified atom stereocenters. The number of aromatic nitrogens is 2. The minimum absolute atomic E-state index is 0.222. The number of anilines is 1. The van der Waals surface area contributed by atoms with Crippen molar-refractivity contribution in [3.05, 3.63) is 47.3 Å². The molecule has 5 nitrogen and oxygen atoms in total. The maximum absolute atomic E-state index is 12.2. The number of aryl methyl sites for hydroxylation is 2. The van der Waals surface area contributed by atoms with Crippen molar-refractivity contribution in [1.82, 2.24) is 9.97 Å². The third-order valence-electron chi connectivity index (χ3n) is 2.86. The minimum atomic E-state index is -0.222. The molecule has 0 fully saturated rings. The average Bonchev–Trinajstić information content (AvgIpc) is 2.43. The van der Waals surface area contributed by atoms with Gasteiger partial charge < -0.3 is 4.74 Å². The lowest BCUT2D eigenvalue weighted by Crippen LogP contribution is -2.15. The van der Waals surface area contributed by atoms with Crippen molar-refractivity contribution in [1.29, 1.82) is 0 Å². The van der Waals surface area contributed by atoms with Crippen LogP contribution in [-0.4, -0.2) is 22.5 Å². The Hall–Kier alpha value is -2.43. The molecule has 1 heterocycles. The summed E-state index contributed by atoms with van der Waals surface area (Å²) in [6, 6.07) is 5.39. The van der Waals surface area contributed by atoms with Gasteiger partial charge in [0, 0.05) is 18.0 Å². The second-order valence-corrected chi connectivity index (χ2v) is 4.39. The first kappa shape index (κ1) is 14.0. The molecule has 0 saturated heterocycles. The van der Waals surface area contributed by atoms with Crippen LogP contribution in [0.4, 0.5) is 5.95 Å². The highest BCUT2D eigenvalue weighted by molar-refractivity contribution is 6.04. The molecular weight excluding hydrogens is 254 g/mol. The van der Waals surface area contributed by atoms with E-state index in [2.05, 4.69) is 15.3 Å². The largest absolute Gasteiger partial charge is 0.494 e. The third-order valence-corrected chi connectivity index (χ3v) is 2.86. The fourth-order valence-corrected chi connectivity index (χ4v) is 1.88. The number of rotatable bonds is 4. The van der Waals surface area contributed by atoms with Crippen molar-refractivity contribution >= 4 is 11.9 Å². The van der Waals surface area contributed by atoms with Gasteiger partial charge in [-0.2, -0.15) is 0 Å². The van der Waals surface area contributed by atoms with Crippen LogP contribution < -0.4 is 10.1 Å². The van der Waals surface area contributed by atoms with E-state index in [1.165, 1.54) is 0 Å². The zero-order valence-corrected chi connectivity index (χ0v) is 11.8. The monoisotopic (exact) mass is 271 g/mol. The van der Waals surface area contributed by atoms with Crippen molar-refractivity contribution in [2.24, 2.45) is 0 Å². The van der Waals surface area contributed by atoms with E-state index in [1.54, 1.807) is 18.5 Å². The molecule has 0 atom stereocenters. The standard InChI is InChI=1S/C15H17N3O2/c1-4-20-13-9-10(2)12(8-11(13)3)14(19)18-15-16-6-5-7-17-15/h5-9H,4H2,1-3H3,(H,16,17,18,19). The van der Waals surface area contributed by atoms with Gasteiger partial charge in [0.15, 0.2) is 0 Å². The van der Waals surface area contributed by atoms with Gasteiger partial charge in [-0.1, -0.05) is 0 Å². The Kier molecular flexibility index (Phi) is 4.30. The lowest BCUT2D eigenvalue weighted by molar-refractivity contribution is 0.102. The lowest BCUT2D eigenvalue weighted by Gasteiger charge is -2.12. The van der Waals surface area contributed by atoms with Crippen LogP contribution in [0.15, 0.2) is 30.6 Å². The van der Waals surface area contributed by atoms with Gasteiger partial charge in [0.25, 0.3) is 5.91 Å². The topological polar surface area (TPSA) is 64.1 Å². The van der Waals surface area contributed by atoms with Crippen molar-refractivity contribution in [3.8, 4) is 5.75 Å². The first-order valence-electron chi connectivity index (χ1n) is 6.44. The smallest absolute Gasteiger partial charge is 0.258 e. The summed E-state index contributed by atoms with van der Waals surface area (Å²) >= 11 is 0. The summed E-state index contributed by atoms with van der Waals surface area (Å²) in [7, 11) is 0. The summed E-state index contributed by atoms with van der Waals surface area (Å²) in [5.74, 6) is 0.876. The van der Waals surface area contributed by atoms with E-state index in [-0.39, 0.29) is 5.91 Å². The van der Waals surface area contributed by atoms with Crippen LogP contribution in [-0.2, 0) is 0 Å². The number of carbonyl (C=O) groups is 1. The average molecular weight is 271 g/mol. The van der Waals surface area contributed by atoms with Gasteiger partial charge in [0.2, 0.25) is 5.95 Å². The highest BCUT2D eigenvalue weighted by Gasteiger charge is 2.13. The molecule has 1 aromatic heterocycles. The SMILES string of the molecule is CCOc1cc(C)c(C(=O)Nc2ncccn2)cc1C. The zero-order chi connectivity index (χ0) is 14.5. The van der Waals surface area contributed by atoms with E-state index in [1.807, 2.05) is 32.9 Å². The molecular formula is C15H17N3O2. The second kappa shape index (κ2) is 6.14. The molecule has 0 aliphatic carbocycles. The molecule has 0 aliphatic heterocycles. The van der Waals surface area contributed by atoms with E-state index in [4.69, 9.17) is 4.74 Å². The Balaban J connectivity index is 2.24. The molecule has 5 heteroatoms. The van der Waals surface area contributed by atoms with Gasteiger partial charge >= 0.3 is 0 Å². The van der Waals surface area contributed by atoms with E-state index in [0.29, 0.717) is 18.1 Å². The molecule has 104 valence electrons. The van der Waals surface area contributed by atoms with Crippen molar-refractivity contribution in [2.75, 3.05) is 11.9 Å². The first-order chi connectivity index (χ1) is 9.61. The normalized spacial score (nSPS) is 10.2. The Labute approximate surface area is 118 Å². The van der Waals surface area contributed by atoms with Crippen LogP contribution in [0, 0.1) is 13.8 Å². The fourth-order valence-electron chi connectivity index (χ4n) is 1.88. The van der Waals surface area contributed by atoms with E-state index in [0.717, 1.165) is 16.9 Å². The molecule has 2 rings (SSSR count). The number of nitrogens with one attached hydrogen (secondary N) is 1. The van der Waals surface area contributed by atoms with Crippen molar-refractivity contribution in [3.63, 3.8) is 0 Å². The van der Waals surface area contributed by atoms with Crippen molar-refractivity contribution in [2.45, 2.75) is 20.8 Å². The predicted octanol–water partition coefficient (Wildman–Crippen LogP) is 2.74. The summed E-state index contributed by atoms with van der Waals surface area (Å²) < 4.78 is 5.51. The number of hydrogen-bond donors (Lipinski definition) is 1. The van der Waals surface area contributed by atoms with E-state index < -0.39 is 0 Å². The first-order valence-corrected chi connectivity index (χ1v) is 6.44. The van der Waals surface area contributed by atoms with Crippen LogP contribution in [0.5, 0.6) is 5.75 Å². The van der Waals surface area contributed by atoms with E-state index >= 15 is 0 Å². The summed E-state index contributed by atoms with van der Waals surface area (Å²) in [5, 5.41) is 2.68. The van der Waals surface area contributed by atoms with Gasteiger partial charge in [-0.05, 0) is 50.1 Å². The molecule has 1 aromatic carbocycles. The number of hydrogen-bond acceptors (Lipinski definition) is 4. The number of amides is 1. The molecule has 0 spiro atoms. The zero-order valence-electron chi connectivity index (χ0n) is 11.8. The maximum Gasteiger partial charge on any atom is 0.258 e. The van der Waals surface area contributed by atoms with Gasteiger partial charge in [-0.15, -0.1) is 0 Å². The van der Waals surface area contributed by atoms with Gasteiger partial charge in [0.1, 0.15) is 5.75 Å². The van der Waals surface area contributed by atoms with Crippen LogP contribution in [0.25, 0.3) is 0 Å². The Morgan fingerprint density at radius 2 is 1.90 bits per heavy atom. The predicted molar refractivity (Wildman–Crippen MR) is 77.1 cm³/mol. The van der Waals surface area contributed by atoms with Crippen LogP contribution >= 0.6 is 0 Å². The fraction of sp³-hybridized carbons (Fsp3) is 0.267. The molecule has 1 amide bonds. The minimum Gasteiger partial charge on any atom is -0.494 e. The second-order valence-electron chi connectivity index (χ2n) is 4.39. The van der Waals surface area contributed by atoms with E-state index in [9.17, 15) is 4.79 Å². The lowest BCUT2D eigenvalue weighted by atomic mass is 10.0. The third kappa shape index (κ3) is 3.12. The van der Waals surface area contributed by atoms with Gasteiger partial charge in [0.05, 0.1) is 6.61 Å². The molecule has 0 radical (unpaired) electrons. The van der Waals surface area contributed by atoms with Crippen molar-refractivity contribution < 1.29 is 9.53 Å². The number of nitrogens with zero attached hydrogens (tertiary/aromatic N) is 2. The highest BCUT2D eigenvalue weighted by Crippen LogP contribution is 2.23. The molecule has 0 saturated carbocycles. The van der Waals surface area contributed by atoms with Crippen LogP contribution in [0.3, 0.4) is 0 Å². The quantitative estimate of drug-likeness (QED) is 0.928. The van der Waals surface area contributed by atoms with Gasteiger partial charge in [-0.25, -0.2) is 9.97 Å². The molecule has 20 heavy (non-hydrogen) atoms. The summed E-state index contributed by atoms with van der Waals surface area (Å²) in [6.45, 7) is 6.33. The van der Waals surface area contributed by atoms with Crippen LogP contribution in [0.2, 0.25) is 0 Å². The molecule has 0 bridgehead atoms. The number of ether oxygens (including phenoxy) is 1. The van der Waals surface area contributed by atoms with Gasteiger partial charge in [-0.3, -0.25) is 10.1 Å². The summed E-state index contributed by atoms with van der Waals surface area (Å²) in [5.41, 5.74) is 2.38. The Morgan fingerprint density at radius 1 is 1.20 bits per heavy atom. The Bertz CT molecular complexity index is 612. The highest BCUT2D eigenvalue weighted by atomic mass is 16.5. The maximum atomic E-state index is 12.2. The number of carbonyl (C=O) groups excluding carboxylic acids is 1. The van der Waals surface area contributed by atoms with Crippen LogP contribution in [0.1, 0.15) is 28.4 Å². The Morgan fingerprint density at radius 3 is 2.55 bits per heavy atom. The summed E-state index contributed by atoms with van der Waals surface area (Å²) in [6.07, 6.45) is 3.16. The molecule has 0 aliphatic rings.